The molecule has 14 heavy (non-hydrogen) atoms. The summed E-state index contributed by atoms with van der Waals surface area (Å²) >= 11 is 0. The molecule has 0 bridgehead atoms. The van der Waals surface area contributed by atoms with Gasteiger partial charge in [0, 0.05) is 23.6 Å². The van der Waals surface area contributed by atoms with E-state index in [1.165, 1.54) is 0 Å². The fourth-order valence-corrected chi connectivity index (χ4v) is 1.04. The number of azide groups is 1. The molecule has 1 heterocycles. The molecule has 0 aliphatic heterocycles. The van der Waals surface area contributed by atoms with Gasteiger partial charge in [-0.3, -0.25) is 5.10 Å². The van der Waals surface area contributed by atoms with Gasteiger partial charge in [-0.2, -0.15) is 5.10 Å². The minimum absolute atomic E-state index is 0.416. The number of H-pyrrole nitrogens is 1. The van der Waals surface area contributed by atoms with Gasteiger partial charge in [0.15, 0.2) is 0 Å². The number of hydrogen-bond acceptors (Lipinski definition) is 2. The standard InChI is InChI=1S/C9H11N5/c1-7-9(8(2)13-12-7)5-3-4-6-11-14-10/h4,6H2,1-2H3,(H,12,13). The molecule has 1 N–H and O–H groups in total. The lowest BCUT2D eigenvalue weighted by molar-refractivity contribution is 1.01. The molecule has 0 saturated carbocycles. The van der Waals surface area contributed by atoms with Gasteiger partial charge in [-0.15, -0.1) is 0 Å². The third-order valence-corrected chi connectivity index (χ3v) is 1.74. The molecular weight excluding hydrogens is 178 g/mol. The maximum absolute atomic E-state index is 8.03. The van der Waals surface area contributed by atoms with E-state index in [4.69, 9.17) is 5.53 Å². The number of nitrogens with one attached hydrogen (secondary N) is 1. The fraction of sp³-hybridized carbons (Fsp3) is 0.444. The van der Waals surface area contributed by atoms with E-state index in [-0.39, 0.29) is 0 Å². The highest BCUT2D eigenvalue weighted by molar-refractivity contribution is 5.40. The molecule has 5 nitrogen and oxygen atoms in total. The average Bonchev–Trinajstić information content (AvgIpc) is 2.48. The lowest BCUT2D eigenvalue weighted by Gasteiger charge is -1.86. The van der Waals surface area contributed by atoms with Crippen LogP contribution >= 0.6 is 0 Å². The third-order valence-electron chi connectivity index (χ3n) is 1.74. The molecule has 1 aromatic rings. The predicted octanol–water partition coefficient (Wildman–Crippen LogP) is 2.08. The van der Waals surface area contributed by atoms with Gasteiger partial charge in [0.2, 0.25) is 0 Å². The van der Waals surface area contributed by atoms with Crippen LogP contribution in [0, 0.1) is 25.7 Å². The summed E-state index contributed by atoms with van der Waals surface area (Å²) in [5, 5.41) is 10.3. The highest BCUT2D eigenvalue weighted by Gasteiger charge is 2.00. The number of aromatic nitrogens is 2. The smallest absolute Gasteiger partial charge is 0.0750 e. The summed E-state index contributed by atoms with van der Waals surface area (Å²) in [6.45, 7) is 4.25. The molecule has 0 amide bonds. The molecule has 0 aromatic carbocycles. The second kappa shape index (κ2) is 4.95. The maximum atomic E-state index is 8.03. The second-order valence-corrected chi connectivity index (χ2v) is 2.82. The monoisotopic (exact) mass is 189 g/mol. The van der Waals surface area contributed by atoms with Crippen LogP contribution in [0.2, 0.25) is 0 Å². The van der Waals surface area contributed by atoms with E-state index in [2.05, 4.69) is 32.1 Å². The van der Waals surface area contributed by atoms with Crippen LogP contribution in [-0.4, -0.2) is 16.7 Å². The van der Waals surface area contributed by atoms with Crippen molar-refractivity contribution in [1.29, 1.82) is 0 Å². The Morgan fingerprint density at radius 1 is 1.57 bits per heavy atom. The molecule has 0 unspecified atom stereocenters. The molecule has 1 aromatic heterocycles. The lowest BCUT2D eigenvalue weighted by atomic mass is 10.2. The van der Waals surface area contributed by atoms with Crippen molar-refractivity contribution in [1.82, 2.24) is 10.2 Å². The Morgan fingerprint density at radius 3 is 2.93 bits per heavy atom. The van der Waals surface area contributed by atoms with Crippen LogP contribution in [0.1, 0.15) is 23.4 Å². The molecule has 0 fully saturated rings. The first-order valence-corrected chi connectivity index (χ1v) is 4.27. The van der Waals surface area contributed by atoms with Crippen molar-refractivity contribution >= 4 is 0 Å². The minimum atomic E-state index is 0.416. The Bertz CT molecular complexity index is 395. The van der Waals surface area contributed by atoms with Crippen LogP contribution in [0.15, 0.2) is 5.11 Å². The maximum Gasteiger partial charge on any atom is 0.0750 e. The molecule has 0 spiro atoms. The molecule has 1 rings (SSSR count). The zero-order valence-corrected chi connectivity index (χ0v) is 8.20. The van der Waals surface area contributed by atoms with E-state index < -0.39 is 0 Å². The topological polar surface area (TPSA) is 77.4 Å². The number of nitrogens with zero attached hydrogens (tertiary/aromatic N) is 4. The molecule has 72 valence electrons. The number of rotatable bonds is 2. The molecule has 5 heteroatoms. The molecule has 0 aliphatic rings. The molecule has 0 saturated heterocycles. The largest absolute Gasteiger partial charge is 0.281 e. The summed E-state index contributed by atoms with van der Waals surface area (Å²) in [7, 11) is 0. The summed E-state index contributed by atoms with van der Waals surface area (Å²) in [5.41, 5.74) is 10.8. The first kappa shape index (κ1) is 10.2. The minimum Gasteiger partial charge on any atom is -0.281 e. The van der Waals surface area contributed by atoms with E-state index in [0.29, 0.717) is 13.0 Å². The molecule has 0 radical (unpaired) electrons. The van der Waals surface area contributed by atoms with E-state index in [1.807, 2.05) is 13.8 Å². The fourth-order valence-electron chi connectivity index (χ4n) is 1.04. The second-order valence-electron chi connectivity index (χ2n) is 2.82. The Hall–Kier alpha value is -1.92. The van der Waals surface area contributed by atoms with Crippen LogP contribution in [0.3, 0.4) is 0 Å². The van der Waals surface area contributed by atoms with E-state index in [0.717, 1.165) is 17.0 Å². The Morgan fingerprint density at radius 2 is 2.36 bits per heavy atom. The number of aromatic amines is 1. The quantitative estimate of drug-likeness (QED) is 0.250. The SMILES string of the molecule is Cc1n[nH]c(C)c1C#CCCN=[N+]=[N-]. The first-order valence-electron chi connectivity index (χ1n) is 4.27. The van der Waals surface area contributed by atoms with Crippen LogP contribution in [0.25, 0.3) is 10.4 Å². The lowest BCUT2D eigenvalue weighted by Crippen LogP contribution is -1.80. The summed E-state index contributed by atoms with van der Waals surface area (Å²) in [6.07, 6.45) is 0.578. The van der Waals surface area contributed by atoms with Gasteiger partial charge in [-0.05, 0) is 19.4 Å². The molecule has 0 atom stereocenters. The summed E-state index contributed by atoms with van der Waals surface area (Å²) in [5.74, 6) is 5.92. The van der Waals surface area contributed by atoms with Gasteiger partial charge in [0.25, 0.3) is 0 Å². The average molecular weight is 189 g/mol. The van der Waals surface area contributed by atoms with E-state index in [1.54, 1.807) is 0 Å². The van der Waals surface area contributed by atoms with E-state index in [9.17, 15) is 0 Å². The number of aryl methyl sites for hydroxylation is 2. The summed E-state index contributed by atoms with van der Waals surface area (Å²) in [4.78, 5) is 2.64. The van der Waals surface area contributed by atoms with Crippen molar-refractivity contribution in [3.05, 3.63) is 27.4 Å². The van der Waals surface area contributed by atoms with Crippen LogP contribution in [0.5, 0.6) is 0 Å². The highest BCUT2D eigenvalue weighted by atomic mass is 15.1. The van der Waals surface area contributed by atoms with Crippen molar-refractivity contribution in [2.75, 3.05) is 6.54 Å². The van der Waals surface area contributed by atoms with Gasteiger partial charge < -0.3 is 0 Å². The Labute approximate surface area is 82.2 Å². The van der Waals surface area contributed by atoms with E-state index >= 15 is 0 Å². The van der Waals surface area contributed by atoms with Crippen LogP contribution < -0.4 is 0 Å². The third kappa shape index (κ3) is 2.54. The van der Waals surface area contributed by atoms with Gasteiger partial charge in [-0.1, -0.05) is 17.0 Å². The number of hydrogen-bond donors (Lipinski definition) is 1. The van der Waals surface area contributed by atoms with Crippen molar-refractivity contribution < 1.29 is 0 Å². The summed E-state index contributed by atoms with van der Waals surface area (Å²) < 4.78 is 0. The van der Waals surface area contributed by atoms with Gasteiger partial charge in [0.05, 0.1) is 11.3 Å². The van der Waals surface area contributed by atoms with Gasteiger partial charge >= 0.3 is 0 Å². The van der Waals surface area contributed by atoms with Crippen molar-refractivity contribution in [2.45, 2.75) is 20.3 Å². The predicted molar refractivity (Wildman–Crippen MR) is 53.6 cm³/mol. The van der Waals surface area contributed by atoms with Gasteiger partial charge in [0.1, 0.15) is 0 Å². The van der Waals surface area contributed by atoms with Crippen LogP contribution in [0.4, 0.5) is 0 Å². The molecular formula is C9H11N5. The first-order chi connectivity index (χ1) is 6.75. The highest BCUT2D eigenvalue weighted by Crippen LogP contribution is 2.06. The molecule has 0 aliphatic carbocycles. The Kier molecular flexibility index (Phi) is 3.59. The summed E-state index contributed by atoms with van der Waals surface area (Å²) in [6, 6.07) is 0. The van der Waals surface area contributed by atoms with Crippen molar-refractivity contribution in [2.24, 2.45) is 5.11 Å². The van der Waals surface area contributed by atoms with Crippen LogP contribution in [-0.2, 0) is 0 Å². The van der Waals surface area contributed by atoms with Gasteiger partial charge in [-0.25, -0.2) is 0 Å². The normalized spacial score (nSPS) is 8.71. The van der Waals surface area contributed by atoms with Crippen molar-refractivity contribution in [3.63, 3.8) is 0 Å². The zero-order valence-electron chi connectivity index (χ0n) is 8.20. The Balaban J connectivity index is 2.63. The zero-order chi connectivity index (χ0) is 10.4. The van der Waals surface area contributed by atoms with Crippen molar-refractivity contribution in [3.8, 4) is 11.8 Å².